The number of carbonyl (C=O) groups is 1. The number of rotatable bonds is 3. The molecule has 0 radical (unpaired) electrons. The number of amides is 1. The van der Waals surface area contributed by atoms with Crippen LogP contribution in [0.2, 0.25) is 0 Å². The molecule has 1 saturated heterocycles. The smallest absolute Gasteiger partial charge is 0.387 e. The van der Waals surface area contributed by atoms with Gasteiger partial charge in [-0.1, -0.05) is 6.07 Å². The van der Waals surface area contributed by atoms with E-state index in [9.17, 15) is 9.59 Å². The van der Waals surface area contributed by atoms with Crippen LogP contribution in [0.5, 0.6) is 0 Å². The molecule has 0 spiro atoms. The average Bonchev–Trinajstić information content (AvgIpc) is 3.09. The lowest BCUT2D eigenvalue weighted by molar-refractivity contribution is -0.131. The van der Waals surface area contributed by atoms with Crippen LogP contribution in [0.4, 0.5) is 0 Å². The summed E-state index contributed by atoms with van der Waals surface area (Å²) in [6.07, 6.45) is 2.06. The molecule has 6 nitrogen and oxygen atoms in total. The van der Waals surface area contributed by atoms with Crippen molar-refractivity contribution in [2.45, 2.75) is 19.4 Å². The van der Waals surface area contributed by atoms with Gasteiger partial charge in [-0.05, 0) is 24.3 Å². The van der Waals surface area contributed by atoms with Crippen LogP contribution in [0.3, 0.4) is 0 Å². The molecule has 100 valence electrons. The molecule has 3 heterocycles. The molecule has 0 unspecified atom stereocenters. The van der Waals surface area contributed by atoms with Gasteiger partial charge in [0.1, 0.15) is 6.54 Å². The van der Waals surface area contributed by atoms with Crippen molar-refractivity contribution in [3.05, 3.63) is 28.1 Å². The lowest BCUT2D eigenvalue weighted by atomic mass is 10.4. The number of hydrogen-bond acceptors (Lipinski definition) is 5. The summed E-state index contributed by atoms with van der Waals surface area (Å²) in [6, 6.07) is 3.68. The van der Waals surface area contributed by atoms with Gasteiger partial charge in [-0.15, -0.1) is 16.4 Å². The van der Waals surface area contributed by atoms with E-state index in [4.69, 9.17) is 4.42 Å². The normalized spacial score (nSPS) is 15.1. The Kier molecular flexibility index (Phi) is 3.20. The van der Waals surface area contributed by atoms with Crippen molar-refractivity contribution in [1.82, 2.24) is 14.7 Å². The lowest BCUT2D eigenvalue weighted by Crippen LogP contribution is -2.33. The highest BCUT2D eigenvalue weighted by Crippen LogP contribution is 2.21. The standard InChI is InChI=1S/C12H13N3O3S/c16-10(14-5-1-2-6-14)8-15-12(17)18-11(13-15)9-4-3-7-19-9/h3-4,7H,1-2,5-6,8H2. The fourth-order valence-electron chi connectivity index (χ4n) is 2.10. The Hall–Kier alpha value is -1.89. The summed E-state index contributed by atoms with van der Waals surface area (Å²) in [5.74, 6) is -0.393. The van der Waals surface area contributed by atoms with Crippen LogP contribution < -0.4 is 5.76 Å². The van der Waals surface area contributed by atoms with Gasteiger partial charge in [0, 0.05) is 13.1 Å². The summed E-state index contributed by atoms with van der Waals surface area (Å²) < 4.78 is 6.15. The van der Waals surface area contributed by atoms with Crippen LogP contribution in [-0.2, 0) is 11.3 Å². The molecule has 19 heavy (non-hydrogen) atoms. The molecule has 2 aromatic heterocycles. The zero-order valence-corrected chi connectivity index (χ0v) is 11.1. The fraction of sp³-hybridized carbons (Fsp3) is 0.417. The Labute approximate surface area is 113 Å². The molecule has 0 aliphatic carbocycles. The van der Waals surface area contributed by atoms with Gasteiger partial charge in [-0.25, -0.2) is 4.79 Å². The molecule has 1 aliphatic heterocycles. The first-order chi connectivity index (χ1) is 9.24. The predicted octanol–water partition coefficient (Wildman–Crippen LogP) is 1.19. The van der Waals surface area contributed by atoms with E-state index in [1.54, 1.807) is 4.90 Å². The molecular weight excluding hydrogens is 266 g/mol. The van der Waals surface area contributed by atoms with Gasteiger partial charge < -0.3 is 9.32 Å². The largest absolute Gasteiger partial charge is 0.437 e. The maximum Gasteiger partial charge on any atom is 0.437 e. The predicted molar refractivity (Wildman–Crippen MR) is 69.9 cm³/mol. The van der Waals surface area contributed by atoms with E-state index in [0.717, 1.165) is 35.5 Å². The first-order valence-corrected chi connectivity index (χ1v) is 7.01. The van der Waals surface area contributed by atoms with Gasteiger partial charge in [0.2, 0.25) is 5.91 Å². The van der Waals surface area contributed by atoms with Crippen LogP contribution in [0.15, 0.2) is 26.7 Å². The monoisotopic (exact) mass is 279 g/mol. The maximum absolute atomic E-state index is 11.9. The van der Waals surface area contributed by atoms with Crippen LogP contribution >= 0.6 is 11.3 Å². The van der Waals surface area contributed by atoms with Gasteiger partial charge in [-0.2, -0.15) is 4.68 Å². The average molecular weight is 279 g/mol. The zero-order chi connectivity index (χ0) is 13.2. The Bertz CT molecular complexity index is 623. The quantitative estimate of drug-likeness (QED) is 0.846. The second-order valence-corrected chi connectivity index (χ2v) is 5.34. The van der Waals surface area contributed by atoms with E-state index in [1.165, 1.54) is 11.3 Å². The van der Waals surface area contributed by atoms with E-state index >= 15 is 0 Å². The Morgan fingerprint density at radius 1 is 1.42 bits per heavy atom. The number of likely N-dealkylation sites (tertiary alicyclic amines) is 1. The summed E-state index contributed by atoms with van der Waals surface area (Å²) in [7, 11) is 0. The molecule has 0 aromatic carbocycles. The molecule has 1 amide bonds. The summed E-state index contributed by atoms with van der Waals surface area (Å²) >= 11 is 1.44. The minimum atomic E-state index is -0.587. The van der Waals surface area contributed by atoms with E-state index in [0.29, 0.717) is 0 Å². The fourth-order valence-corrected chi connectivity index (χ4v) is 2.74. The van der Waals surface area contributed by atoms with Crippen LogP contribution in [0.1, 0.15) is 12.8 Å². The molecule has 2 aromatic rings. The van der Waals surface area contributed by atoms with Crippen molar-refractivity contribution < 1.29 is 9.21 Å². The summed E-state index contributed by atoms with van der Waals surface area (Å²) in [4.78, 5) is 26.1. The van der Waals surface area contributed by atoms with E-state index in [-0.39, 0.29) is 18.3 Å². The summed E-state index contributed by atoms with van der Waals surface area (Å²) in [5, 5.41) is 5.94. The Morgan fingerprint density at radius 2 is 2.21 bits per heavy atom. The van der Waals surface area contributed by atoms with Crippen molar-refractivity contribution in [3.63, 3.8) is 0 Å². The number of aromatic nitrogens is 2. The van der Waals surface area contributed by atoms with Crippen molar-refractivity contribution >= 4 is 17.2 Å². The first-order valence-electron chi connectivity index (χ1n) is 6.13. The molecular formula is C12H13N3O3S. The second kappa shape index (κ2) is 5.00. The third kappa shape index (κ3) is 2.46. The highest BCUT2D eigenvalue weighted by atomic mass is 32.1. The minimum Gasteiger partial charge on any atom is -0.387 e. The topological polar surface area (TPSA) is 68.3 Å². The van der Waals surface area contributed by atoms with Crippen molar-refractivity contribution in [2.24, 2.45) is 0 Å². The molecule has 0 N–H and O–H groups in total. The van der Waals surface area contributed by atoms with Crippen LogP contribution in [0.25, 0.3) is 10.8 Å². The van der Waals surface area contributed by atoms with E-state index in [1.807, 2.05) is 17.5 Å². The number of nitrogens with zero attached hydrogens (tertiary/aromatic N) is 3. The van der Waals surface area contributed by atoms with Crippen LogP contribution in [0, 0.1) is 0 Å². The Morgan fingerprint density at radius 3 is 2.89 bits per heavy atom. The molecule has 1 aliphatic rings. The van der Waals surface area contributed by atoms with Gasteiger partial charge in [0.15, 0.2) is 0 Å². The Balaban J connectivity index is 1.78. The highest BCUT2D eigenvalue weighted by Gasteiger charge is 2.20. The minimum absolute atomic E-state index is 0.0479. The SMILES string of the molecule is O=C(Cn1nc(-c2cccs2)oc1=O)N1CCCC1. The van der Waals surface area contributed by atoms with Gasteiger partial charge >= 0.3 is 5.76 Å². The van der Waals surface area contributed by atoms with E-state index < -0.39 is 5.76 Å². The second-order valence-electron chi connectivity index (χ2n) is 4.40. The molecule has 0 bridgehead atoms. The molecule has 0 atom stereocenters. The summed E-state index contributed by atoms with van der Waals surface area (Å²) in [5.41, 5.74) is 0. The van der Waals surface area contributed by atoms with E-state index in [2.05, 4.69) is 5.10 Å². The van der Waals surface area contributed by atoms with Crippen molar-refractivity contribution in [3.8, 4) is 10.8 Å². The van der Waals surface area contributed by atoms with Gasteiger partial charge in [0.05, 0.1) is 4.88 Å². The van der Waals surface area contributed by atoms with Crippen molar-refractivity contribution in [2.75, 3.05) is 13.1 Å². The maximum atomic E-state index is 11.9. The first kappa shape index (κ1) is 12.2. The van der Waals surface area contributed by atoms with Crippen LogP contribution in [-0.4, -0.2) is 33.7 Å². The van der Waals surface area contributed by atoms with Crippen molar-refractivity contribution in [1.29, 1.82) is 0 Å². The number of carbonyl (C=O) groups excluding carboxylic acids is 1. The highest BCUT2D eigenvalue weighted by molar-refractivity contribution is 7.13. The molecule has 7 heteroatoms. The zero-order valence-electron chi connectivity index (χ0n) is 10.2. The molecule has 0 saturated carbocycles. The third-order valence-corrected chi connectivity index (χ3v) is 3.94. The number of thiophene rings is 1. The van der Waals surface area contributed by atoms with Gasteiger partial charge in [-0.3, -0.25) is 4.79 Å². The molecule has 1 fully saturated rings. The molecule has 3 rings (SSSR count). The lowest BCUT2D eigenvalue weighted by Gasteiger charge is -2.13. The van der Waals surface area contributed by atoms with Gasteiger partial charge in [0.25, 0.3) is 5.89 Å². The third-order valence-electron chi connectivity index (χ3n) is 3.08. The summed E-state index contributed by atoms with van der Waals surface area (Å²) in [6.45, 7) is 1.49. The number of hydrogen-bond donors (Lipinski definition) is 0.